The van der Waals surface area contributed by atoms with Gasteiger partial charge in [-0.05, 0) is 75.2 Å². The molecule has 0 saturated carbocycles. The van der Waals surface area contributed by atoms with Crippen LogP contribution < -0.4 is 5.32 Å². The first kappa shape index (κ1) is 24.7. The van der Waals surface area contributed by atoms with E-state index < -0.39 is 10.1 Å². The Bertz CT molecular complexity index is 1230. The first-order valence-corrected chi connectivity index (χ1v) is 13.4. The van der Waals surface area contributed by atoms with Crippen molar-refractivity contribution in [3.05, 3.63) is 76.5 Å². The van der Waals surface area contributed by atoms with Gasteiger partial charge in [0.1, 0.15) is 5.76 Å². The second-order valence-electron chi connectivity index (χ2n) is 8.68. The molecule has 0 spiro atoms. The Balaban J connectivity index is 0.000000210. The molecule has 180 valence electrons. The fraction of sp³-hybridized carbons (Fsp3) is 0.320. The standard InChI is InChI=1S/C18H19BrN2O2.C7H8O3S/c19-14-3-1-13(2-4-14)16-5-6-17(23-16)18(22)20-15-11-21-9-7-12(15)8-10-21;1-6-2-4-7(5-3-6)11(8,9)10/h1-6,12,15H,7-11H2,(H,20,22);2-5H,1H3,(H,8,9,10)/t15-;/m0./s1. The average Bonchev–Trinajstić information content (AvgIpc) is 3.31. The van der Waals surface area contributed by atoms with Gasteiger partial charge in [-0.2, -0.15) is 8.42 Å². The van der Waals surface area contributed by atoms with E-state index in [1.54, 1.807) is 18.2 Å². The lowest BCUT2D eigenvalue weighted by molar-refractivity contribution is 0.0606. The van der Waals surface area contributed by atoms with E-state index in [4.69, 9.17) is 8.97 Å². The van der Waals surface area contributed by atoms with Gasteiger partial charge < -0.3 is 14.6 Å². The second-order valence-corrected chi connectivity index (χ2v) is 11.0. The van der Waals surface area contributed by atoms with Crippen LogP contribution in [0.4, 0.5) is 0 Å². The van der Waals surface area contributed by atoms with Gasteiger partial charge in [0, 0.05) is 22.6 Å². The maximum atomic E-state index is 12.5. The number of amides is 1. The van der Waals surface area contributed by atoms with Crippen molar-refractivity contribution < 1.29 is 22.2 Å². The predicted octanol–water partition coefficient (Wildman–Crippen LogP) is 4.77. The van der Waals surface area contributed by atoms with Crippen LogP contribution in [0.3, 0.4) is 0 Å². The van der Waals surface area contributed by atoms with Crippen molar-refractivity contribution in [1.29, 1.82) is 0 Å². The van der Waals surface area contributed by atoms with Crippen molar-refractivity contribution in [1.82, 2.24) is 10.2 Å². The van der Waals surface area contributed by atoms with E-state index in [0.29, 0.717) is 11.7 Å². The normalized spacial score (nSPS) is 21.4. The number of fused-ring (bicyclic) bond motifs is 3. The largest absolute Gasteiger partial charge is 0.451 e. The summed E-state index contributed by atoms with van der Waals surface area (Å²) in [5.41, 5.74) is 1.92. The maximum absolute atomic E-state index is 12.5. The summed E-state index contributed by atoms with van der Waals surface area (Å²) in [6.45, 7) is 5.15. The molecule has 1 amide bonds. The van der Waals surface area contributed by atoms with Crippen LogP contribution in [0.2, 0.25) is 0 Å². The summed E-state index contributed by atoms with van der Waals surface area (Å²) < 4.78 is 36.3. The number of rotatable bonds is 4. The Morgan fingerprint density at radius 2 is 1.68 bits per heavy atom. The number of piperidine rings is 3. The van der Waals surface area contributed by atoms with E-state index in [1.807, 2.05) is 37.3 Å². The zero-order chi connectivity index (χ0) is 24.3. The molecule has 3 aliphatic heterocycles. The zero-order valence-electron chi connectivity index (χ0n) is 18.8. The molecule has 3 fully saturated rings. The molecule has 1 atom stereocenters. The van der Waals surface area contributed by atoms with Gasteiger partial charge in [0.05, 0.1) is 4.90 Å². The Hall–Kier alpha value is -2.46. The highest BCUT2D eigenvalue weighted by molar-refractivity contribution is 9.10. The number of halogens is 1. The van der Waals surface area contributed by atoms with Crippen molar-refractivity contribution in [2.45, 2.75) is 30.7 Å². The molecule has 3 saturated heterocycles. The van der Waals surface area contributed by atoms with E-state index in [0.717, 1.165) is 27.9 Å². The number of furan rings is 1. The van der Waals surface area contributed by atoms with E-state index in [1.165, 1.54) is 38.1 Å². The highest BCUT2D eigenvalue weighted by Gasteiger charge is 2.35. The third-order valence-corrected chi connectivity index (χ3v) is 7.65. The summed E-state index contributed by atoms with van der Waals surface area (Å²) in [4.78, 5) is 14.8. The van der Waals surface area contributed by atoms with Gasteiger partial charge in [0.25, 0.3) is 16.0 Å². The van der Waals surface area contributed by atoms with Crippen molar-refractivity contribution in [3.63, 3.8) is 0 Å². The number of benzene rings is 2. The van der Waals surface area contributed by atoms with Crippen molar-refractivity contribution in [3.8, 4) is 11.3 Å². The fourth-order valence-corrected chi connectivity index (χ4v) is 5.05. The lowest BCUT2D eigenvalue weighted by atomic mass is 9.84. The summed E-state index contributed by atoms with van der Waals surface area (Å²) in [5.74, 6) is 1.62. The van der Waals surface area contributed by atoms with Gasteiger partial charge in [0.2, 0.25) is 0 Å². The molecule has 0 unspecified atom stereocenters. The van der Waals surface area contributed by atoms with Gasteiger partial charge >= 0.3 is 0 Å². The summed E-state index contributed by atoms with van der Waals surface area (Å²) in [7, 11) is -4.02. The quantitative estimate of drug-likeness (QED) is 0.457. The molecule has 34 heavy (non-hydrogen) atoms. The second kappa shape index (κ2) is 10.4. The van der Waals surface area contributed by atoms with E-state index in [2.05, 4.69) is 26.1 Å². The van der Waals surface area contributed by atoms with Crippen molar-refractivity contribution in [2.24, 2.45) is 5.92 Å². The Morgan fingerprint density at radius 1 is 1.03 bits per heavy atom. The van der Waals surface area contributed by atoms with Crippen LogP contribution in [0.15, 0.2) is 74.4 Å². The molecule has 2 bridgehead atoms. The molecule has 0 aliphatic carbocycles. The molecule has 9 heteroatoms. The molecule has 1 aromatic heterocycles. The van der Waals surface area contributed by atoms with Crippen LogP contribution in [0.1, 0.15) is 29.0 Å². The van der Waals surface area contributed by atoms with Gasteiger partial charge in [0.15, 0.2) is 5.76 Å². The summed E-state index contributed by atoms with van der Waals surface area (Å²) in [5, 5.41) is 3.16. The topological polar surface area (TPSA) is 99.8 Å². The van der Waals surface area contributed by atoms with Crippen molar-refractivity contribution >= 4 is 32.0 Å². The monoisotopic (exact) mass is 546 g/mol. The Kier molecular flexibility index (Phi) is 7.57. The molecular formula is C25H27BrN2O5S. The van der Waals surface area contributed by atoms with Crippen LogP contribution in [0.25, 0.3) is 11.3 Å². The molecular weight excluding hydrogens is 520 g/mol. The fourth-order valence-electron chi connectivity index (χ4n) is 4.31. The number of hydrogen-bond acceptors (Lipinski definition) is 5. The minimum atomic E-state index is -4.02. The van der Waals surface area contributed by atoms with Crippen LogP contribution >= 0.6 is 15.9 Å². The highest BCUT2D eigenvalue weighted by Crippen LogP contribution is 2.28. The van der Waals surface area contributed by atoms with E-state index in [-0.39, 0.29) is 16.8 Å². The van der Waals surface area contributed by atoms with Gasteiger partial charge in [-0.15, -0.1) is 0 Å². The average molecular weight is 547 g/mol. The minimum absolute atomic E-state index is 0.0666. The summed E-state index contributed by atoms with van der Waals surface area (Å²) in [6.07, 6.45) is 2.38. The van der Waals surface area contributed by atoms with Crippen LogP contribution in [-0.2, 0) is 10.1 Å². The van der Waals surface area contributed by atoms with Crippen molar-refractivity contribution in [2.75, 3.05) is 19.6 Å². The molecule has 4 heterocycles. The minimum Gasteiger partial charge on any atom is -0.451 e. The third-order valence-electron chi connectivity index (χ3n) is 6.25. The number of hydrogen-bond donors (Lipinski definition) is 2. The SMILES string of the molecule is Cc1ccc(S(=O)(=O)O)cc1.O=C(N[C@H]1CN2CCC1CC2)c1ccc(-c2ccc(Br)cc2)o1. The first-order chi connectivity index (χ1) is 16.2. The van der Waals surface area contributed by atoms with Crippen LogP contribution in [0.5, 0.6) is 0 Å². The number of nitrogens with zero attached hydrogens (tertiary/aromatic N) is 1. The maximum Gasteiger partial charge on any atom is 0.294 e. The lowest BCUT2D eigenvalue weighted by Crippen LogP contribution is -2.57. The Labute approximate surface area is 208 Å². The van der Waals surface area contributed by atoms with E-state index in [9.17, 15) is 13.2 Å². The zero-order valence-corrected chi connectivity index (χ0v) is 21.2. The van der Waals surface area contributed by atoms with Crippen LogP contribution in [0, 0.1) is 12.8 Å². The smallest absolute Gasteiger partial charge is 0.294 e. The molecule has 2 aromatic carbocycles. The number of nitrogens with one attached hydrogen (secondary N) is 1. The molecule has 3 aromatic rings. The molecule has 6 rings (SSSR count). The predicted molar refractivity (Wildman–Crippen MR) is 133 cm³/mol. The molecule has 0 radical (unpaired) electrons. The van der Waals surface area contributed by atoms with E-state index >= 15 is 0 Å². The van der Waals surface area contributed by atoms with Gasteiger partial charge in [-0.3, -0.25) is 9.35 Å². The van der Waals surface area contributed by atoms with Gasteiger partial charge in [-0.25, -0.2) is 0 Å². The van der Waals surface area contributed by atoms with Gasteiger partial charge in [-0.1, -0.05) is 45.8 Å². The number of carbonyl (C=O) groups is 1. The number of carbonyl (C=O) groups excluding carboxylic acids is 1. The number of aryl methyl sites for hydroxylation is 1. The lowest BCUT2D eigenvalue weighted by Gasteiger charge is -2.44. The van der Waals surface area contributed by atoms with Crippen LogP contribution in [-0.4, -0.2) is 49.5 Å². The Morgan fingerprint density at radius 3 is 2.24 bits per heavy atom. The first-order valence-electron chi connectivity index (χ1n) is 11.1. The third kappa shape index (κ3) is 6.15. The highest BCUT2D eigenvalue weighted by atomic mass is 79.9. The molecule has 7 nitrogen and oxygen atoms in total. The summed E-state index contributed by atoms with van der Waals surface area (Å²) >= 11 is 3.42. The molecule has 2 N–H and O–H groups in total. The molecule has 3 aliphatic rings. The summed E-state index contributed by atoms with van der Waals surface area (Å²) in [6, 6.07) is 17.7.